The van der Waals surface area contributed by atoms with Crippen molar-refractivity contribution in [3.05, 3.63) is 0 Å². The molecule has 2 amide bonds. The van der Waals surface area contributed by atoms with Gasteiger partial charge in [0.2, 0.25) is 11.8 Å². The standard InChI is InChI=1S/C16H27NO2S/c1-5-10-6-12-13(7-10)15(19)17(14(12)18)8-11(9-20)16(2,3)4/h10-13,20H,5-9H2,1-4H3. The van der Waals surface area contributed by atoms with E-state index in [1.807, 2.05) is 0 Å². The first-order valence-electron chi connectivity index (χ1n) is 7.75. The molecular formula is C16H27NO2S. The highest BCUT2D eigenvalue weighted by Crippen LogP contribution is 2.45. The molecule has 1 saturated carbocycles. The first-order valence-corrected chi connectivity index (χ1v) is 8.38. The SMILES string of the molecule is CCC1CC2C(=O)N(CC(CS)C(C)(C)C)C(=O)C2C1. The fourth-order valence-corrected chi connectivity index (χ4v) is 4.20. The topological polar surface area (TPSA) is 37.4 Å². The molecule has 2 aliphatic rings. The Morgan fingerprint density at radius 1 is 1.20 bits per heavy atom. The van der Waals surface area contributed by atoms with Crippen molar-refractivity contribution in [1.82, 2.24) is 4.90 Å². The average Bonchev–Trinajstić information content (AvgIpc) is 2.88. The van der Waals surface area contributed by atoms with E-state index in [0.717, 1.165) is 19.3 Å². The van der Waals surface area contributed by atoms with Gasteiger partial charge in [0.1, 0.15) is 0 Å². The number of carbonyl (C=O) groups excluding carboxylic acids is 2. The Balaban J connectivity index is 2.09. The Bertz CT molecular complexity index is 378. The van der Waals surface area contributed by atoms with E-state index in [2.05, 4.69) is 40.3 Å². The van der Waals surface area contributed by atoms with Crippen molar-refractivity contribution in [2.45, 2.75) is 47.0 Å². The number of nitrogens with zero attached hydrogens (tertiary/aromatic N) is 1. The summed E-state index contributed by atoms with van der Waals surface area (Å²) in [5.41, 5.74) is 0.0615. The summed E-state index contributed by atoms with van der Waals surface area (Å²) in [4.78, 5) is 26.6. The third-order valence-corrected chi connectivity index (χ3v) is 5.69. The van der Waals surface area contributed by atoms with Crippen molar-refractivity contribution in [1.29, 1.82) is 0 Å². The lowest BCUT2D eigenvalue weighted by Crippen LogP contribution is -2.41. The summed E-state index contributed by atoms with van der Waals surface area (Å²) in [6, 6.07) is 0. The van der Waals surface area contributed by atoms with Crippen LogP contribution in [0.25, 0.3) is 0 Å². The molecule has 3 nitrogen and oxygen atoms in total. The highest BCUT2D eigenvalue weighted by atomic mass is 32.1. The Labute approximate surface area is 127 Å². The lowest BCUT2D eigenvalue weighted by atomic mass is 9.81. The summed E-state index contributed by atoms with van der Waals surface area (Å²) in [5.74, 6) is 1.59. The molecule has 114 valence electrons. The van der Waals surface area contributed by atoms with Crippen molar-refractivity contribution in [2.24, 2.45) is 29.1 Å². The van der Waals surface area contributed by atoms with Crippen LogP contribution in [0.4, 0.5) is 0 Å². The molecule has 1 aliphatic carbocycles. The van der Waals surface area contributed by atoms with Gasteiger partial charge in [0.25, 0.3) is 0 Å². The van der Waals surface area contributed by atoms with Crippen molar-refractivity contribution in [3.8, 4) is 0 Å². The highest BCUT2D eigenvalue weighted by Gasteiger charge is 2.52. The summed E-state index contributed by atoms with van der Waals surface area (Å²) in [5, 5.41) is 0. The van der Waals surface area contributed by atoms with E-state index in [0.29, 0.717) is 18.2 Å². The number of imide groups is 1. The predicted octanol–water partition coefficient (Wildman–Crippen LogP) is 3.00. The number of fused-ring (bicyclic) bond motifs is 1. The average molecular weight is 297 g/mol. The van der Waals surface area contributed by atoms with Gasteiger partial charge in [-0.2, -0.15) is 12.6 Å². The van der Waals surface area contributed by atoms with Gasteiger partial charge in [0, 0.05) is 6.54 Å². The third-order valence-electron chi connectivity index (χ3n) is 5.25. The zero-order chi connectivity index (χ0) is 15.1. The van der Waals surface area contributed by atoms with E-state index in [-0.39, 0.29) is 35.0 Å². The van der Waals surface area contributed by atoms with Crippen LogP contribution in [0.2, 0.25) is 0 Å². The number of hydrogen-bond acceptors (Lipinski definition) is 3. The molecule has 0 radical (unpaired) electrons. The lowest BCUT2D eigenvalue weighted by molar-refractivity contribution is -0.141. The molecule has 3 unspecified atom stereocenters. The molecular weight excluding hydrogens is 270 g/mol. The van der Waals surface area contributed by atoms with Crippen LogP contribution in [-0.2, 0) is 9.59 Å². The molecule has 4 heteroatoms. The molecule has 1 heterocycles. The van der Waals surface area contributed by atoms with Crippen LogP contribution in [0.15, 0.2) is 0 Å². The minimum Gasteiger partial charge on any atom is -0.282 e. The van der Waals surface area contributed by atoms with Crippen molar-refractivity contribution < 1.29 is 9.59 Å². The zero-order valence-corrected chi connectivity index (χ0v) is 14.0. The molecule has 3 atom stereocenters. The molecule has 1 saturated heterocycles. The minimum absolute atomic E-state index is 0.0343. The van der Waals surface area contributed by atoms with Gasteiger partial charge >= 0.3 is 0 Å². The number of rotatable bonds is 4. The molecule has 2 fully saturated rings. The summed E-state index contributed by atoms with van der Waals surface area (Å²) >= 11 is 4.40. The van der Waals surface area contributed by atoms with E-state index >= 15 is 0 Å². The third kappa shape index (κ3) is 2.76. The molecule has 0 aromatic heterocycles. The molecule has 0 spiro atoms. The van der Waals surface area contributed by atoms with Gasteiger partial charge in [-0.1, -0.05) is 34.1 Å². The predicted molar refractivity (Wildman–Crippen MR) is 83.5 cm³/mol. The van der Waals surface area contributed by atoms with Crippen LogP contribution in [0.3, 0.4) is 0 Å². The van der Waals surface area contributed by atoms with Gasteiger partial charge in [-0.3, -0.25) is 14.5 Å². The smallest absolute Gasteiger partial charge is 0.233 e. The van der Waals surface area contributed by atoms with Gasteiger partial charge in [-0.05, 0) is 35.8 Å². The molecule has 0 aromatic rings. The lowest BCUT2D eigenvalue weighted by Gasteiger charge is -2.32. The van der Waals surface area contributed by atoms with Crippen LogP contribution in [0, 0.1) is 29.1 Å². The maximum absolute atomic E-state index is 12.5. The Morgan fingerprint density at radius 2 is 1.70 bits per heavy atom. The zero-order valence-electron chi connectivity index (χ0n) is 13.1. The number of likely N-dealkylation sites (tertiary alicyclic amines) is 1. The monoisotopic (exact) mass is 297 g/mol. The number of hydrogen-bond donors (Lipinski definition) is 1. The maximum Gasteiger partial charge on any atom is 0.233 e. The van der Waals surface area contributed by atoms with Crippen LogP contribution < -0.4 is 0 Å². The fraction of sp³-hybridized carbons (Fsp3) is 0.875. The van der Waals surface area contributed by atoms with E-state index < -0.39 is 0 Å². The number of carbonyl (C=O) groups is 2. The Hall–Kier alpha value is -0.510. The van der Waals surface area contributed by atoms with Crippen molar-refractivity contribution in [2.75, 3.05) is 12.3 Å². The van der Waals surface area contributed by atoms with E-state index in [9.17, 15) is 9.59 Å². The van der Waals surface area contributed by atoms with Crippen molar-refractivity contribution in [3.63, 3.8) is 0 Å². The van der Waals surface area contributed by atoms with E-state index in [4.69, 9.17) is 0 Å². The first-order chi connectivity index (χ1) is 9.29. The quantitative estimate of drug-likeness (QED) is 0.640. The van der Waals surface area contributed by atoms with Crippen LogP contribution in [0.1, 0.15) is 47.0 Å². The Kier molecular flexibility index (Phi) is 4.53. The first kappa shape index (κ1) is 15.9. The van der Waals surface area contributed by atoms with Crippen LogP contribution in [0.5, 0.6) is 0 Å². The van der Waals surface area contributed by atoms with E-state index in [1.54, 1.807) is 0 Å². The molecule has 0 bridgehead atoms. The van der Waals surface area contributed by atoms with Gasteiger partial charge < -0.3 is 0 Å². The molecule has 0 N–H and O–H groups in total. The molecule has 0 aromatic carbocycles. The second kappa shape index (κ2) is 5.70. The second-order valence-electron chi connectivity index (χ2n) is 7.49. The number of amides is 2. The molecule has 2 rings (SSSR count). The Morgan fingerprint density at radius 3 is 2.05 bits per heavy atom. The molecule has 20 heavy (non-hydrogen) atoms. The molecule has 1 aliphatic heterocycles. The highest BCUT2D eigenvalue weighted by molar-refractivity contribution is 7.80. The summed E-state index contributed by atoms with van der Waals surface area (Å²) < 4.78 is 0. The maximum atomic E-state index is 12.5. The minimum atomic E-state index is -0.0343. The summed E-state index contributed by atoms with van der Waals surface area (Å²) in [7, 11) is 0. The van der Waals surface area contributed by atoms with Gasteiger partial charge in [-0.25, -0.2) is 0 Å². The van der Waals surface area contributed by atoms with Crippen molar-refractivity contribution >= 4 is 24.4 Å². The summed E-state index contributed by atoms with van der Waals surface area (Å²) in [6.45, 7) is 9.12. The van der Waals surface area contributed by atoms with Crippen LogP contribution >= 0.6 is 12.6 Å². The number of thiol groups is 1. The van der Waals surface area contributed by atoms with Gasteiger partial charge in [-0.15, -0.1) is 0 Å². The summed E-state index contributed by atoms with van der Waals surface area (Å²) in [6.07, 6.45) is 2.89. The fourth-order valence-electron chi connectivity index (χ4n) is 3.54. The van der Waals surface area contributed by atoms with E-state index in [1.165, 1.54) is 4.90 Å². The van der Waals surface area contributed by atoms with Gasteiger partial charge in [0.15, 0.2) is 0 Å². The largest absolute Gasteiger partial charge is 0.282 e. The van der Waals surface area contributed by atoms with Gasteiger partial charge in [0.05, 0.1) is 11.8 Å². The second-order valence-corrected chi connectivity index (χ2v) is 7.86. The van der Waals surface area contributed by atoms with Crippen LogP contribution in [-0.4, -0.2) is 29.0 Å². The normalized spacial score (nSPS) is 31.9.